The summed E-state index contributed by atoms with van der Waals surface area (Å²) in [4.78, 5) is 25.9. The minimum atomic E-state index is 0.199. The number of aromatic nitrogens is 3. The Kier molecular flexibility index (Phi) is 5.44. The standard InChI is InChI=1S/C21H29N5O2/c1-4-7-18(27)26-11-9-16-15(13-26)12-22-14(2)19(16)20-23-21(28-24-20)17-8-5-6-10-25(17)3/h12,17H,4-11,13H2,1-3H3. The van der Waals surface area contributed by atoms with Gasteiger partial charge in [-0.1, -0.05) is 18.5 Å². The highest BCUT2D eigenvalue weighted by molar-refractivity contribution is 5.77. The lowest BCUT2D eigenvalue weighted by Crippen LogP contribution is -2.36. The minimum absolute atomic E-state index is 0.199. The van der Waals surface area contributed by atoms with E-state index in [-0.39, 0.29) is 11.9 Å². The summed E-state index contributed by atoms with van der Waals surface area (Å²) in [5.74, 6) is 1.55. The predicted molar refractivity (Wildman–Crippen MR) is 106 cm³/mol. The molecule has 0 aliphatic carbocycles. The highest BCUT2D eigenvalue weighted by Gasteiger charge is 2.29. The Morgan fingerprint density at radius 1 is 1.32 bits per heavy atom. The zero-order valence-corrected chi connectivity index (χ0v) is 17.1. The van der Waals surface area contributed by atoms with Crippen LogP contribution in [0.3, 0.4) is 0 Å². The van der Waals surface area contributed by atoms with E-state index < -0.39 is 0 Å². The summed E-state index contributed by atoms with van der Waals surface area (Å²) >= 11 is 0. The molecule has 2 aliphatic heterocycles. The number of nitrogens with zero attached hydrogens (tertiary/aromatic N) is 5. The summed E-state index contributed by atoms with van der Waals surface area (Å²) < 4.78 is 5.67. The average Bonchev–Trinajstić information content (AvgIpc) is 3.17. The first-order chi connectivity index (χ1) is 13.6. The van der Waals surface area contributed by atoms with E-state index in [1.54, 1.807) is 0 Å². The van der Waals surface area contributed by atoms with Crippen molar-refractivity contribution in [3.8, 4) is 11.4 Å². The van der Waals surface area contributed by atoms with E-state index in [2.05, 4.69) is 22.1 Å². The summed E-state index contributed by atoms with van der Waals surface area (Å²) in [6.07, 6.45) is 7.64. The molecule has 1 amide bonds. The molecule has 4 rings (SSSR count). The number of carbonyl (C=O) groups is 1. The van der Waals surface area contributed by atoms with Crippen molar-refractivity contribution in [3.63, 3.8) is 0 Å². The number of piperidine rings is 1. The van der Waals surface area contributed by atoms with Gasteiger partial charge in [-0.2, -0.15) is 4.98 Å². The van der Waals surface area contributed by atoms with Crippen LogP contribution in [0.15, 0.2) is 10.7 Å². The topological polar surface area (TPSA) is 75.4 Å². The van der Waals surface area contributed by atoms with Gasteiger partial charge in [0.2, 0.25) is 17.6 Å². The van der Waals surface area contributed by atoms with Gasteiger partial charge >= 0.3 is 0 Å². The van der Waals surface area contributed by atoms with Crippen molar-refractivity contribution in [2.24, 2.45) is 0 Å². The van der Waals surface area contributed by atoms with E-state index in [4.69, 9.17) is 9.51 Å². The molecule has 2 aliphatic rings. The summed E-state index contributed by atoms with van der Waals surface area (Å²) in [5.41, 5.74) is 4.19. The van der Waals surface area contributed by atoms with E-state index in [1.165, 1.54) is 18.4 Å². The van der Waals surface area contributed by atoms with Crippen LogP contribution in [0, 0.1) is 6.92 Å². The van der Waals surface area contributed by atoms with E-state index in [0.717, 1.165) is 49.2 Å². The summed E-state index contributed by atoms with van der Waals surface area (Å²) in [6, 6.07) is 0.199. The van der Waals surface area contributed by atoms with Crippen LogP contribution in [0.4, 0.5) is 0 Å². The third kappa shape index (κ3) is 3.55. The number of amides is 1. The molecule has 0 aromatic carbocycles. The molecule has 0 saturated carbocycles. The number of carbonyl (C=O) groups excluding carboxylic acids is 1. The van der Waals surface area contributed by atoms with Gasteiger partial charge in [0.1, 0.15) is 0 Å². The van der Waals surface area contributed by atoms with Gasteiger partial charge in [-0.05, 0) is 57.3 Å². The number of aryl methyl sites for hydroxylation is 1. The Hall–Kier alpha value is -2.28. The van der Waals surface area contributed by atoms with Crippen molar-refractivity contribution in [1.82, 2.24) is 24.9 Å². The van der Waals surface area contributed by atoms with Crippen LogP contribution in [0.25, 0.3) is 11.4 Å². The lowest BCUT2D eigenvalue weighted by atomic mass is 9.94. The van der Waals surface area contributed by atoms with Gasteiger partial charge in [0.05, 0.1) is 6.04 Å². The second kappa shape index (κ2) is 7.99. The zero-order valence-electron chi connectivity index (χ0n) is 17.1. The van der Waals surface area contributed by atoms with Crippen LogP contribution in [0.1, 0.15) is 67.8 Å². The van der Waals surface area contributed by atoms with Gasteiger partial charge < -0.3 is 9.42 Å². The molecule has 7 heteroatoms. The molecule has 1 unspecified atom stereocenters. The molecule has 0 bridgehead atoms. The molecule has 150 valence electrons. The Morgan fingerprint density at radius 3 is 2.96 bits per heavy atom. The highest BCUT2D eigenvalue weighted by atomic mass is 16.5. The molecule has 1 atom stereocenters. The molecule has 2 aromatic heterocycles. The number of pyridine rings is 1. The molecule has 0 spiro atoms. The van der Waals surface area contributed by atoms with Crippen LogP contribution >= 0.6 is 0 Å². The van der Waals surface area contributed by atoms with Crippen molar-refractivity contribution in [3.05, 3.63) is 28.9 Å². The lowest BCUT2D eigenvalue weighted by molar-refractivity contribution is -0.132. The fraction of sp³-hybridized carbons (Fsp3) is 0.619. The highest BCUT2D eigenvalue weighted by Crippen LogP contribution is 2.33. The summed E-state index contributed by atoms with van der Waals surface area (Å²) in [7, 11) is 2.12. The Labute approximate surface area is 166 Å². The first-order valence-corrected chi connectivity index (χ1v) is 10.4. The normalized spacial score (nSPS) is 20.2. The number of fused-ring (bicyclic) bond motifs is 1. The van der Waals surface area contributed by atoms with Gasteiger partial charge in [0, 0.05) is 37.0 Å². The first kappa shape index (κ1) is 19.1. The van der Waals surface area contributed by atoms with E-state index in [1.807, 2.05) is 24.9 Å². The van der Waals surface area contributed by atoms with Crippen LogP contribution in [0.5, 0.6) is 0 Å². The second-order valence-corrected chi connectivity index (χ2v) is 7.99. The van der Waals surface area contributed by atoms with Crippen LogP contribution < -0.4 is 0 Å². The molecule has 7 nitrogen and oxygen atoms in total. The number of likely N-dealkylation sites (tertiary alicyclic amines) is 1. The molecule has 1 saturated heterocycles. The number of hydrogen-bond donors (Lipinski definition) is 0. The maximum absolute atomic E-state index is 12.3. The van der Waals surface area contributed by atoms with Crippen molar-refractivity contribution in [1.29, 1.82) is 0 Å². The zero-order chi connectivity index (χ0) is 19.7. The molecule has 4 heterocycles. The van der Waals surface area contributed by atoms with E-state index in [0.29, 0.717) is 24.7 Å². The maximum Gasteiger partial charge on any atom is 0.244 e. The molecular weight excluding hydrogens is 354 g/mol. The largest absolute Gasteiger partial charge is 0.338 e. The molecule has 2 aromatic rings. The minimum Gasteiger partial charge on any atom is -0.338 e. The molecule has 1 fully saturated rings. The first-order valence-electron chi connectivity index (χ1n) is 10.4. The Morgan fingerprint density at radius 2 is 2.18 bits per heavy atom. The van der Waals surface area contributed by atoms with Crippen molar-refractivity contribution in [2.75, 3.05) is 20.1 Å². The number of rotatable bonds is 4. The predicted octanol–water partition coefficient (Wildman–Crippen LogP) is 3.28. The van der Waals surface area contributed by atoms with Gasteiger partial charge in [0.25, 0.3) is 0 Å². The average molecular weight is 383 g/mol. The Balaban J connectivity index is 1.63. The smallest absolute Gasteiger partial charge is 0.244 e. The van der Waals surface area contributed by atoms with Crippen molar-refractivity contribution >= 4 is 5.91 Å². The fourth-order valence-electron chi connectivity index (χ4n) is 4.39. The summed E-state index contributed by atoms with van der Waals surface area (Å²) in [6.45, 7) is 6.44. The van der Waals surface area contributed by atoms with Crippen molar-refractivity contribution in [2.45, 2.75) is 65.0 Å². The van der Waals surface area contributed by atoms with Gasteiger partial charge in [0.15, 0.2) is 0 Å². The molecule has 0 N–H and O–H groups in total. The second-order valence-electron chi connectivity index (χ2n) is 7.99. The maximum atomic E-state index is 12.3. The fourth-order valence-corrected chi connectivity index (χ4v) is 4.39. The molecular formula is C21H29N5O2. The van der Waals surface area contributed by atoms with Gasteiger partial charge in [-0.15, -0.1) is 0 Å². The Bertz CT molecular complexity index is 862. The van der Waals surface area contributed by atoms with E-state index >= 15 is 0 Å². The van der Waals surface area contributed by atoms with Gasteiger partial charge in [-0.3, -0.25) is 14.7 Å². The third-order valence-electron chi connectivity index (χ3n) is 6.00. The van der Waals surface area contributed by atoms with Crippen LogP contribution in [-0.4, -0.2) is 51.0 Å². The lowest BCUT2D eigenvalue weighted by Gasteiger charge is -2.30. The van der Waals surface area contributed by atoms with E-state index in [9.17, 15) is 4.79 Å². The quantitative estimate of drug-likeness (QED) is 0.806. The third-order valence-corrected chi connectivity index (χ3v) is 6.00. The SMILES string of the molecule is CCCC(=O)N1CCc2c(cnc(C)c2-c2noc(C3CCCCN3C)n2)C1. The van der Waals surface area contributed by atoms with Crippen LogP contribution in [0.2, 0.25) is 0 Å². The monoisotopic (exact) mass is 383 g/mol. The van der Waals surface area contributed by atoms with Gasteiger partial charge in [-0.25, -0.2) is 0 Å². The molecule has 28 heavy (non-hydrogen) atoms. The molecule has 0 radical (unpaired) electrons. The van der Waals surface area contributed by atoms with Crippen molar-refractivity contribution < 1.29 is 9.32 Å². The number of hydrogen-bond acceptors (Lipinski definition) is 6. The summed E-state index contributed by atoms with van der Waals surface area (Å²) in [5, 5.41) is 4.32. The van der Waals surface area contributed by atoms with Crippen LogP contribution in [-0.2, 0) is 17.8 Å².